The number of aromatic hydroxyl groups is 1. The molecule has 1 amide bonds. The fourth-order valence-corrected chi connectivity index (χ4v) is 3.32. The second-order valence-electron chi connectivity index (χ2n) is 6.91. The van der Waals surface area contributed by atoms with Crippen LogP contribution in [-0.4, -0.2) is 75.8 Å². The molecule has 1 fully saturated rings. The fraction of sp³-hybridized carbons (Fsp3) is 0.571. The largest absolute Gasteiger partial charge is 0.504 e. The second-order valence-corrected chi connectivity index (χ2v) is 6.91. The molecule has 1 heterocycles. The van der Waals surface area contributed by atoms with Crippen LogP contribution >= 0.6 is 0 Å². The Kier molecular flexibility index (Phi) is 10.7. The molecular weight excluding hydrogens is 392 g/mol. The van der Waals surface area contributed by atoms with E-state index in [0.717, 1.165) is 51.1 Å². The molecule has 1 aliphatic rings. The molecule has 0 spiro atoms. The first kappa shape index (κ1) is 25.2. The van der Waals surface area contributed by atoms with E-state index < -0.39 is 11.9 Å². The van der Waals surface area contributed by atoms with E-state index >= 15 is 0 Å². The van der Waals surface area contributed by atoms with Gasteiger partial charge in [0, 0.05) is 25.6 Å². The summed E-state index contributed by atoms with van der Waals surface area (Å²) in [4.78, 5) is 34.9. The number of piperidine rings is 1. The van der Waals surface area contributed by atoms with Crippen LogP contribution in [0.4, 0.5) is 0 Å². The van der Waals surface area contributed by atoms with Crippen LogP contribution in [0.25, 0.3) is 0 Å². The molecule has 1 aliphatic heterocycles. The van der Waals surface area contributed by atoms with Crippen LogP contribution in [0.1, 0.15) is 39.2 Å². The molecule has 168 valence electrons. The standard InChI is InChI=1S/C19H30N2O3.C2H2O4/c1-4-21(5-2)19(23)16-9-11-20(12-10-16)14-15-7-8-17(22)18(13-15)24-6-3;3-1(4)2(5)6/h7-8,13,16,22H,4-6,9-12,14H2,1-3H3;(H,3,4)(H,5,6). The van der Waals surface area contributed by atoms with Gasteiger partial charge in [0.15, 0.2) is 11.5 Å². The third-order valence-corrected chi connectivity index (χ3v) is 4.93. The lowest BCUT2D eigenvalue weighted by Crippen LogP contribution is -2.42. The van der Waals surface area contributed by atoms with E-state index in [1.165, 1.54) is 0 Å². The molecule has 9 nitrogen and oxygen atoms in total. The summed E-state index contributed by atoms with van der Waals surface area (Å²) >= 11 is 0. The number of benzene rings is 1. The van der Waals surface area contributed by atoms with Crippen LogP contribution < -0.4 is 4.74 Å². The Hall–Kier alpha value is -2.81. The van der Waals surface area contributed by atoms with Gasteiger partial charge in [0.05, 0.1) is 6.61 Å². The molecule has 0 aliphatic carbocycles. The first-order valence-corrected chi connectivity index (χ1v) is 10.1. The van der Waals surface area contributed by atoms with Crippen molar-refractivity contribution in [2.45, 2.75) is 40.2 Å². The maximum Gasteiger partial charge on any atom is 0.414 e. The number of phenols is 1. The minimum Gasteiger partial charge on any atom is -0.504 e. The molecule has 2 rings (SSSR count). The van der Waals surface area contributed by atoms with E-state index in [1.807, 2.05) is 37.8 Å². The van der Waals surface area contributed by atoms with Crippen molar-refractivity contribution in [2.24, 2.45) is 5.92 Å². The Morgan fingerprint density at radius 3 is 2.10 bits per heavy atom. The normalized spacial score (nSPS) is 14.4. The number of aliphatic carboxylic acids is 2. The van der Waals surface area contributed by atoms with Crippen molar-refractivity contribution >= 4 is 17.8 Å². The topological polar surface area (TPSA) is 128 Å². The molecule has 0 unspecified atom stereocenters. The lowest BCUT2D eigenvalue weighted by molar-refractivity contribution is -0.159. The SMILES string of the molecule is CCOc1cc(CN2CCC(C(=O)N(CC)CC)CC2)ccc1O.O=C(O)C(=O)O. The quantitative estimate of drug-likeness (QED) is 0.567. The molecule has 0 saturated carbocycles. The molecule has 0 radical (unpaired) electrons. The molecule has 1 aromatic rings. The highest BCUT2D eigenvalue weighted by atomic mass is 16.5. The van der Waals surface area contributed by atoms with E-state index in [0.29, 0.717) is 18.3 Å². The van der Waals surface area contributed by atoms with Crippen molar-refractivity contribution < 1.29 is 34.4 Å². The first-order valence-electron chi connectivity index (χ1n) is 10.1. The van der Waals surface area contributed by atoms with Gasteiger partial charge in [-0.2, -0.15) is 0 Å². The van der Waals surface area contributed by atoms with Crippen LogP contribution in [-0.2, 0) is 20.9 Å². The summed E-state index contributed by atoms with van der Waals surface area (Å²) in [5.41, 5.74) is 1.13. The molecule has 9 heteroatoms. The zero-order valence-electron chi connectivity index (χ0n) is 17.8. The summed E-state index contributed by atoms with van der Waals surface area (Å²) in [5.74, 6) is -2.45. The van der Waals surface area contributed by atoms with Gasteiger partial charge in [0.25, 0.3) is 0 Å². The van der Waals surface area contributed by atoms with Crippen LogP contribution in [0.5, 0.6) is 11.5 Å². The van der Waals surface area contributed by atoms with Gasteiger partial charge in [-0.25, -0.2) is 9.59 Å². The smallest absolute Gasteiger partial charge is 0.414 e. The van der Waals surface area contributed by atoms with E-state index in [-0.39, 0.29) is 11.7 Å². The average Bonchev–Trinajstić information content (AvgIpc) is 2.72. The minimum atomic E-state index is -1.82. The number of hydrogen-bond donors (Lipinski definition) is 3. The Labute approximate surface area is 176 Å². The number of amides is 1. The predicted octanol–water partition coefficient (Wildman–Crippen LogP) is 2.03. The van der Waals surface area contributed by atoms with Crippen molar-refractivity contribution in [3.63, 3.8) is 0 Å². The van der Waals surface area contributed by atoms with Gasteiger partial charge < -0.3 is 25.0 Å². The Morgan fingerprint density at radius 1 is 1.07 bits per heavy atom. The lowest BCUT2D eigenvalue weighted by atomic mass is 9.95. The molecule has 0 atom stereocenters. The number of nitrogens with zero attached hydrogens (tertiary/aromatic N) is 2. The monoisotopic (exact) mass is 424 g/mol. The summed E-state index contributed by atoms with van der Waals surface area (Å²) in [6.45, 7) is 10.8. The molecule has 0 aromatic heterocycles. The zero-order chi connectivity index (χ0) is 22.7. The van der Waals surface area contributed by atoms with Crippen LogP contribution in [0.15, 0.2) is 18.2 Å². The molecule has 1 saturated heterocycles. The van der Waals surface area contributed by atoms with E-state index in [1.54, 1.807) is 6.07 Å². The molecule has 3 N–H and O–H groups in total. The van der Waals surface area contributed by atoms with Crippen molar-refractivity contribution in [1.29, 1.82) is 0 Å². The predicted molar refractivity (Wildman–Crippen MR) is 110 cm³/mol. The third kappa shape index (κ3) is 7.90. The summed E-state index contributed by atoms with van der Waals surface area (Å²) in [5, 5.41) is 24.6. The van der Waals surface area contributed by atoms with Crippen LogP contribution in [0.3, 0.4) is 0 Å². The van der Waals surface area contributed by atoms with E-state index in [9.17, 15) is 9.90 Å². The maximum atomic E-state index is 12.4. The maximum absolute atomic E-state index is 12.4. The van der Waals surface area contributed by atoms with E-state index in [2.05, 4.69) is 4.90 Å². The molecule has 0 bridgehead atoms. The van der Waals surface area contributed by atoms with Gasteiger partial charge in [-0.05, 0) is 64.4 Å². The number of likely N-dealkylation sites (tertiary alicyclic amines) is 1. The second kappa shape index (κ2) is 12.7. The van der Waals surface area contributed by atoms with Crippen LogP contribution in [0.2, 0.25) is 0 Å². The van der Waals surface area contributed by atoms with Crippen molar-refractivity contribution in [2.75, 3.05) is 32.8 Å². The summed E-state index contributed by atoms with van der Waals surface area (Å²) in [7, 11) is 0. The first-order chi connectivity index (χ1) is 14.2. The third-order valence-electron chi connectivity index (χ3n) is 4.93. The highest BCUT2D eigenvalue weighted by Gasteiger charge is 2.27. The number of carboxylic acids is 2. The number of hydrogen-bond acceptors (Lipinski definition) is 6. The molecule has 1 aromatic carbocycles. The van der Waals surface area contributed by atoms with Gasteiger partial charge in [-0.15, -0.1) is 0 Å². The number of carboxylic acid groups (broad SMARTS) is 2. The zero-order valence-corrected chi connectivity index (χ0v) is 17.8. The average molecular weight is 424 g/mol. The summed E-state index contributed by atoms with van der Waals surface area (Å²) < 4.78 is 5.45. The fourth-order valence-electron chi connectivity index (χ4n) is 3.32. The minimum absolute atomic E-state index is 0.167. The van der Waals surface area contributed by atoms with Crippen molar-refractivity contribution in [3.8, 4) is 11.5 Å². The Morgan fingerprint density at radius 2 is 1.63 bits per heavy atom. The Bertz CT molecular complexity index is 699. The Balaban J connectivity index is 0.000000656. The van der Waals surface area contributed by atoms with Crippen molar-refractivity contribution in [1.82, 2.24) is 9.80 Å². The van der Waals surface area contributed by atoms with Gasteiger partial charge in [0.2, 0.25) is 5.91 Å². The summed E-state index contributed by atoms with van der Waals surface area (Å²) in [6.07, 6.45) is 1.84. The highest BCUT2D eigenvalue weighted by molar-refractivity contribution is 6.27. The number of carbonyl (C=O) groups is 3. The van der Waals surface area contributed by atoms with Gasteiger partial charge in [-0.3, -0.25) is 9.69 Å². The molecular formula is C21H32N2O7. The van der Waals surface area contributed by atoms with Crippen molar-refractivity contribution in [3.05, 3.63) is 23.8 Å². The number of ether oxygens (including phenoxy) is 1. The summed E-state index contributed by atoms with van der Waals surface area (Å²) in [6, 6.07) is 5.54. The lowest BCUT2D eigenvalue weighted by Gasteiger charge is -2.33. The number of rotatable bonds is 7. The molecule has 30 heavy (non-hydrogen) atoms. The number of phenolic OH excluding ortho intramolecular Hbond substituents is 1. The highest BCUT2D eigenvalue weighted by Crippen LogP contribution is 2.28. The van der Waals surface area contributed by atoms with Gasteiger partial charge in [-0.1, -0.05) is 6.07 Å². The van der Waals surface area contributed by atoms with Gasteiger partial charge in [0.1, 0.15) is 0 Å². The number of carbonyl (C=O) groups excluding carboxylic acids is 1. The van der Waals surface area contributed by atoms with Crippen LogP contribution in [0, 0.1) is 5.92 Å². The van der Waals surface area contributed by atoms with Gasteiger partial charge >= 0.3 is 11.9 Å². The van der Waals surface area contributed by atoms with E-state index in [4.69, 9.17) is 24.5 Å².